The standard InChI is InChI=1S/C6H13NO2/c1-3-5(6(7)8)9-4-2/h5H,3-4H2,1-2H3,(H2,7,8)/t5-/m1/s1. The molecule has 0 aliphatic rings. The summed E-state index contributed by atoms with van der Waals surface area (Å²) in [6.07, 6.45) is 0.262. The molecule has 3 nitrogen and oxygen atoms in total. The molecule has 0 aliphatic heterocycles. The molecule has 0 aromatic heterocycles. The van der Waals surface area contributed by atoms with Gasteiger partial charge in [0.2, 0.25) is 5.91 Å². The third-order valence-electron chi connectivity index (χ3n) is 1.06. The fourth-order valence-corrected chi connectivity index (χ4v) is 0.602. The summed E-state index contributed by atoms with van der Waals surface area (Å²) in [5.74, 6) is -0.376. The van der Waals surface area contributed by atoms with Gasteiger partial charge in [-0.05, 0) is 13.3 Å². The highest BCUT2D eigenvalue weighted by Gasteiger charge is 2.10. The zero-order valence-electron chi connectivity index (χ0n) is 5.89. The molecule has 0 rings (SSSR count). The van der Waals surface area contributed by atoms with Crippen molar-refractivity contribution in [3.63, 3.8) is 0 Å². The molecule has 0 fully saturated rings. The molecule has 0 saturated heterocycles. The van der Waals surface area contributed by atoms with E-state index in [4.69, 9.17) is 10.5 Å². The second-order valence-corrected chi connectivity index (χ2v) is 1.75. The number of rotatable bonds is 4. The SMILES string of the molecule is CCO[C@H](CC)C(N)=O. The zero-order valence-corrected chi connectivity index (χ0v) is 5.89. The smallest absolute Gasteiger partial charge is 0.246 e. The maximum atomic E-state index is 10.4. The lowest BCUT2D eigenvalue weighted by Crippen LogP contribution is -2.30. The highest BCUT2D eigenvalue weighted by atomic mass is 16.5. The van der Waals surface area contributed by atoms with E-state index in [1.165, 1.54) is 0 Å². The summed E-state index contributed by atoms with van der Waals surface area (Å²) in [6, 6.07) is 0. The lowest BCUT2D eigenvalue weighted by atomic mass is 10.3. The average molecular weight is 131 g/mol. The van der Waals surface area contributed by atoms with Crippen LogP contribution in [0.2, 0.25) is 0 Å². The number of ether oxygens (including phenoxy) is 1. The highest BCUT2D eigenvalue weighted by Crippen LogP contribution is 1.94. The lowest BCUT2D eigenvalue weighted by molar-refractivity contribution is -0.129. The quantitative estimate of drug-likeness (QED) is 0.596. The van der Waals surface area contributed by atoms with Crippen LogP contribution in [-0.2, 0) is 9.53 Å². The minimum Gasteiger partial charge on any atom is -0.369 e. The summed E-state index contributed by atoms with van der Waals surface area (Å²) >= 11 is 0. The van der Waals surface area contributed by atoms with Gasteiger partial charge in [-0.1, -0.05) is 6.92 Å². The molecule has 0 bridgehead atoms. The summed E-state index contributed by atoms with van der Waals surface area (Å²) < 4.78 is 4.98. The van der Waals surface area contributed by atoms with E-state index in [2.05, 4.69) is 0 Å². The van der Waals surface area contributed by atoms with Crippen LogP contribution in [-0.4, -0.2) is 18.6 Å². The van der Waals surface area contributed by atoms with Gasteiger partial charge in [0.25, 0.3) is 0 Å². The Kier molecular flexibility index (Phi) is 4.05. The monoisotopic (exact) mass is 131 g/mol. The Balaban J connectivity index is 3.54. The number of amides is 1. The van der Waals surface area contributed by atoms with Gasteiger partial charge in [0.05, 0.1) is 0 Å². The first-order valence-corrected chi connectivity index (χ1v) is 3.13. The van der Waals surface area contributed by atoms with E-state index in [-0.39, 0.29) is 5.91 Å². The van der Waals surface area contributed by atoms with Crippen LogP contribution < -0.4 is 5.73 Å². The van der Waals surface area contributed by atoms with Gasteiger partial charge in [0.15, 0.2) is 0 Å². The topological polar surface area (TPSA) is 52.3 Å². The maximum Gasteiger partial charge on any atom is 0.246 e. The molecule has 0 aromatic rings. The van der Waals surface area contributed by atoms with Gasteiger partial charge in [-0.25, -0.2) is 0 Å². The van der Waals surface area contributed by atoms with Crippen LogP contribution >= 0.6 is 0 Å². The third kappa shape index (κ3) is 3.08. The van der Waals surface area contributed by atoms with Gasteiger partial charge in [0.1, 0.15) is 6.10 Å². The van der Waals surface area contributed by atoms with E-state index < -0.39 is 6.10 Å². The van der Waals surface area contributed by atoms with Crippen LogP contribution in [0.3, 0.4) is 0 Å². The summed E-state index contributed by atoms with van der Waals surface area (Å²) in [6.45, 7) is 4.25. The molecule has 9 heavy (non-hydrogen) atoms. The van der Waals surface area contributed by atoms with Crippen LogP contribution in [0.15, 0.2) is 0 Å². The van der Waals surface area contributed by atoms with Gasteiger partial charge >= 0.3 is 0 Å². The molecule has 3 heteroatoms. The van der Waals surface area contributed by atoms with Crippen LogP contribution in [0.4, 0.5) is 0 Å². The fourth-order valence-electron chi connectivity index (χ4n) is 0.602. The fraction of sp³-hybridized carbons (Fsp3) is 0.833. The Morgan fingerprint density at radius 3 is 2.33 bits per heavy atom. The van der Waals surface area contributed by atoms with Gasteiger partial charge in [-0.2, -0.15) is 0 Å². The Bertz CT molecular complexity index is 93.1. The molecule has 2 N–H and O–H groups in total. The van der Waals surface area contributed by atoms with E-state index in [1.54, 1.807) is 0 Å². The van der Waals surface area contributed by atoms with Crippen molar-refractivity contribution in [2.75, 3.05) is 6.61 Å². The minimum absolute atomic E-state index is 0.376. The Labute approximate surface area is 55.2 Å². The summed E-state index contributed by atoms with van der Waals surface area (Å²) in [7, 11) is 0. The summed E-state index contributed by atoms with van der Waals surface area (Å²) in [4.78, 5) is 10.4. The molecule has 54 valence electrons. The molecule has 0 radical (unpaired) electrons. The molecule has 0 aliphatic carbocycles. The van der Waals surface area contributed by atoms with Crippen molar-refractivity contribution in [2.45, 2.75) is 26.4 Å². The second kappa shape index (κ2) is 4.32. The molecule has 1 atom stereocenters. The molecular formula is C6H13NO2. The van der Waals surface area contributed by atoms with E-state index in [0.717, 1.165) is 0 Å². The normalized spacial score (nSPS) is 13.1. The average Bonchev–Trinajstić information content (AvgIpc) is 1.82. The van der Waals surface area contributed by atoms with Crippen molar-refractivity contribution in [2.24, 2.45) is 5.73 Å². The van der Waals surface area contributed by atoms with Crippen molar-refractivity contribution >= 4 is 5.91 Å². The number of primary amides is 1. The first-order chi connectivity index (χ1) is 4.22. The van der Waals surface area contributed by atoms with Crippen molar-refractivity contribution in [1.29, 1.82) is 0 Å². The van der Waals surface area contributed by atoms with Gasteiger partial charge < -0.3 is 10.5 Å². The Hall–Kier alpha value is -0.570. The summed E-state index contributed by atoms with van der Waals surface area (Å²) in [5, 5.41) is 0. The number of hydrogen-bond acceptors (Lipinski definition) is 2. The molecule has 0 spiro atoms. The largest absolute Gasteiger partial charge is 0.369 e. The number of carbonyl (C=O) groups is 1. The molecule has 0 aromatic carbocycles. The van der Waals surface area contributed by atoms with Crippen molar-refractivity contribution in [1.82, 2.24) is 0 Å². The zero-order chi connectivity index (χ0) is 7.28. The minimum atomic E-state index is -0.394. The van der Waals surface area contributed by atoms with E-state index in [9.17, 15) is 4.79 Å². The molecule has 0 saturated carbocycles. The Morgan fingerprint density at radius 1 is 1.67 bits per heavy atom. The molecule has 1 amide bonds. The number of hydrogen-bond donors (Lipinski definition) is 1. The predicted molar refractivity (Wildman–Crippen MR) is 34.9 cm³/mol. The highest BCUT2D eigenvalue weighted by molar-refractivity contribution is 5.78. The van der Waals surface area contributed by atoms with E-state index in [0.29, 0.717) is 13.0 Å². The second-order valence-electron chi connectivity index (χ2n) is 1.75. The number of carbonyl (C=O) groups excluding carboxylic acids is 1. The van der Waals surface area contributed by atoms with Crippen LogP contribution in [0, 0.1) is 0 Å². The molecular weight excluding hydrogens is 118 g/mol. The van der Waals surface area contributed by atoms with Crippen LogP contribution in [0.25, 0.3) is 0 Å². The molecule has 0 heterocycles. The summed E-state index contributed by atoms with van der Waals surface area (Å²) in [5.41, 5.74) is 4.97. The third-order valence-corrected chi connectivity index (χ3v) is 1.06. The van der Waals surface area contributed by atoms with Gasteiger partial charge in [-0.3, -0.25) is 4.79 Å². The first kappa shape index (κ1) is 8.43. The van der Waals surface area contributed by atoms with E-state index in [1.807, 2.05) is 13.8 Å². The van der Waals surface area contributed by atoms with Crippen LogP contribution in [0.1, 0.15) is 20.3 Å². The van der Waals surface area contributed by atoms with Gasteiger partial charge in [-0.15, -0.1) is 0 Å². The van der Waals surface area contributed by atoms with Crippen molar-refractivity contribution in [3.8, 4) is 0 Å². The van der Waals surface area contributed by atoms with E-state index >= 15 is 0 Å². The lowest BCUT2D eigenvalue weighted by Gasteiger charge is -2.08. The number of nitrogens with two attached hydrogens (primary N) is 1. The molecule has 0 unspecified atom stereocenters. The predicted octanol–water partition coefficient (Wildman–Crippen LogP) is 0.287. The van der Waals surface area contributed by atoms with Crippen LogP contribution in [0.5, 0.6) is 0 Å². The maximum absolute atomic E-state index is 10.4. The van der Waals surface area contributed by atoms with Crippen molar-refractivity contribution < 1.29 is 9.53 Å². The Morgan fingerprint density at radius 2 is 2.22 bits per heavy atom. The first-order valence-electron chi connectivity index (χ1n) is 3.13. The van der Waals surface area contributed by atoms with Gasteiger partial charge in [0, 0.05) is 6.61 Å². The van der Waals surface area contributed by atoms with Crippen molar-refractivity contribution in [3.05, 3.63) is 0 Å².